The summed E-state index contributed by atoms with van der Waals surface area (Å²) in [5, 5.41) is 0. The van der Waals surface area contributed by atoms with E-state index >= 15 is 0 Å². The quantitative estimate of drug-likeness (QED) is 0.814. The predicted octanol–water partition coefficient (Wildman–Crippen LogP) is 0.907. The van der Waals surface area contributed by atoms with Crippen molar-refractivity contribution >= 4 is 0 Å². The molecule has 2 fully saturated rings. The van der Waals surface area contributed by atoms with Gasteiger partial charge in [0.2, 0.25) is 0 Å². The van der Waals surface area contributed by atoms with Gasteiger partial charge in [-0.25, -0.2) is 0 Å². The molecule has 2 aliphatic heterocycles. The molecule has 0 aromatic carbocycles. The smallest absolute Gasteiger partial charge is 0.0829 e. The van der Waals surface area contributed by atoms with Crippen molar-refractivity contribution in [1.82, 2.24) is 9.80 Å². The van der Waals surface area contributed by atoms with Crippen LogP contribution in [0, 0.1) is 0 Å². The number of ether oxygens (including phenoxy) is 1. The Bertz CT molecular complexity index is 259. The molecule has 0 saturated carbocycles. The zero-order chi connectivity index (χ0) is 13.1. The van der Waals surface area contributed by atoms with Crippen LogP contribution in [0.2, 0.25) is 0 Å². The van der Waals surface area contributed by atoms with Crippen LogP contribution in [0.3, 0.4) is 0 Å². The maximum absolute atomic E-state index is 6.02. The molecule has 0 spiro atoms. The number of hydrogen-bond donors (Lipinski definition) is 1. The van der Waals surface area contributed by atoms with Gasteiger partial charge in [-0.05, 0) is 40.2 Å². The number of piperidine rings is 1. The van der Waals surface area contributed by atoms with Crippen LogP contribution in [-0.2, 0) is 4.74 Å². The van der Waals surface area contributed by atoms with Crippen LogP contribution >= 0.6 is 0 Å². The van der Waals surface area contributed by atoms with Gasteiger partial charge < -0.3 is 10.5 Å². The predicted molar refractivity (Wildman–Crippen MR) is 74.7 cm³/mol. The van der Waals surface area contributed by atoms with Gasteiger partial charge in [0, 0.05) is 37.8 Å². The molecular formula is C14H29N3O. The average Bonchev–Trinajstić information content (AvgIpc) is 2.33. The summed E-state index contributed by atoms with van der Waals surface area (Å²) in [6.07, 6.45) is 2.63. The van der Waals surface area contributed by atoms with Gasteiger partial charge in [0.1, 0.15) is 0 Å². The molecule has 0 bridgehead atoms. The fourth-order valence-electron chi connectivity index (χ4n) is 3.11. The standard InChI is InChI=1S/C14H29N3O/c1-11(2)16-6-7-18-14(9-16)10-17-5-4-13(15)8-12(17)3/h11-14H,4-10,15H2,1-3H3. The third kappa shape index (κ3) is 3.67. The van der Waals surface area contributed by atoms with Crippen LogP contribution in [0.4, 0.5) is 0 Å². The Hall–Kier alpha value is -0.160. The molecule has 2 rings (SSSR count). The van der Waals surface area contributed by atoms with Crippen molar-refractivity contribution in [3.63, 3.8) is 0 Å². The second kappa shape index (κ2) is 6.33. The van der Waals surface area contributed by atoms with Gasteiger partial charge >= 0.3 is 0 Å². The molecule has 3 unspecified atom stereocenters. The molecule has 0 amide bonds. The Balaban J connectivity index is 1.81. The monoisotopic (exact) mass is 255 g/mol. The van der Waals surface area contributed by atoms with Crippen molar-refractivity contribution in [1.29, 1.82) is 0 Å². The highest BCUT2D eigenvalue weighted by molar-refractivity contribution is 4.84. The SMILES string of the molecule is CC(C)N1CCOC(CN2CCC(N)CC2C)C1. The van der Waals surface area contributed by atoms with Crippen molar-refractivity contribution in [3.8, 4) is 0 Å². The third-order valence-electron chi connectivity index (χ3n) is 4.39. The molecule has 3 atom stereocenters. The lowest BCUT2D eigenvalue weighted by Crippen LogP contribution is -2.53. The number of morpholine rings is 1. The van der Waals surface area contributed by atoms with Crippen molar-refractivity contribution in [3.05, 3.63) is 0 Å². The summed E-state index contributed by atoms with van der Waals surface area (Å²) in [7, 11) is 0. The van der Waals surface area contributed by atoms with Crippen LogP contribution in [0.25, 0.3) is 0 Å². The maximum Gasteiger partial charge on any atom is 0.0829 e. The first-order valence-electron chi connectivity index (χ1n) is 7.41. The molecule has 18 heavy (non-hydrogen) atoms. The summed E-state index contributed by atoms with van der Waals surface area (Å²) in [5.74, 6) is 0. The average molecular weight is 255 g/mol. The van der Waals surface area contributed by atoms with E-state index in [0.29, 0.717) is 24.2 Å². The first-order chi connectivity index (χ1) is 8.56. The van der Waals surface area contributed by atoms with E-state index in [1.54, 1.807) is 0 Å². The number of rotatable bonds is 3. The lowest BCUT2D eigenvalue weighted by Gasteiger charge is -2.41. The Morgan fingerprint density at radius 3 is 2.78 bits per heavy atom. The van der Waals surface area contributed by atoms with E-state index in [2.05, 4.69) is 30.6 Å². The molecule has 2 heterocycles. The largest absolute Gasteiger partial charge is 0.374 e. The fourth-order valence-corrected chi connectivity index (χ4v) is 3.11. The molecule has 106 valence electrons. The van der Waals surface area contributed by atoms with Crippen molar-refractivity contribution in [2.45, 2.75) is 57.8 Å². The first-order valence-corrected chi connectivity index (χ1v) is 7.41. The number of likely N-dealkylation sites (tertiary alicyclic amines) is 1. The zero-order valence-electron chi connectivity index (χ0n) is 12.1. The molecule has 0 radical (unpaired) electrons. The Morgan fingerprint density at radius 2 is 2.11 bits per heavy atom. The van der Waals surface area contributed by atoms with E-state index in [-0.39, 0.29) is 0 Å². The molecule has 0 aromatic rings. The summed E-state index contributed by atoms with van der Waals surface area (Å²) in [5.41, 5.74) is 6.02. The second-order valence-electron chi connectivity index (χ2n) is 6.21. The van der Waals surface area contributed by atoms with Crippen LogP contribution in [-0.4, -0.2) is 66.8 Å². The lowest BCUT2D eigenvalue weighted by atomic mass is 9.98. The molecule has 2 aliphatic rings. The summed E-state index contributed by atoms with van der Waals surface area (Å²) >= 11 is 0. The van der Waals surface area contributed by atoms with Gasteiger partial charge in [0.05, 0.1) is 12.7 Å². The van der Waals surface area contributed by atoms with Crippen molar-refractivity contribution < 1.29 is 4.74 Å². The Labute approximate surface area is 111 Å². The zero-order valence-corrected chi connectivity index (χ0v) is 12.1. The topological polar surface area (TPSA) is 41.7 Å². The summed E-state index contributed by atoms with van der Waals surface area (Å²) in [6, 6.07) is 1.63. The highest BCUT2D eigenvalue weighted by Crippen LogP contribution is 2.18. The third-order valence-corrected chi connectivity index (χ3v) is 4.39. The minimum Gasteiger partial charge on any atom is -0.374 e. The normalized spacial score (nSPS) is 36.2. The van der Waals surface area contributed by atoms with Gasteiger partial charge in [-0.1, -0.05) is 0 Å². The Morgan fingerprint density at radius 1 is 1.33 bits per heavy atom. The highest BCUT2D eigenvalue weighted by Gasteiger charge is 2.28. The molecule has 2 saturated heterocycles. The number of nitrogens with zero attached hydrogens (tertiary/aromatic N) is 2. The summed E-state index contributed by atoms with van der Waals surface area (Å²) in [4.78, 5) is 5.08. The Kier molecular flexibility index (Phi) is 5.01. The second-order valence-corrected chi connectivity index (χ2v) is 6.21. The molecule has 4 nitrogen and oxygen atoms in total. The highest BCUT2D eigenvalue weighted by atomic mass is 16.5. The molecule has 2 N–H and O–H groups in total. The number of hydrogen-bond acceptors (Lipinski definition) is 4. The summed E-state index contributed by atoms with van der Waals surface area (Å²) in [6.45, 7) is 12.1. The molecule has 0 aromatic heterocycles. The van der Waals surface area contributed by atoms with E-state index in [1.807, 2.05) is 0 Å². The van der Waals surface area contributed by atoms with Gasteiger partial charge in [-0.15, -0.1) is 0 Å². The van der Waals surface area contributed by atoms with Gasteiger partial charge in [0.15, 0.2) is 0 Å². The maximum atomic E-state index is 6.02. The van der Waals surface area contributed by atoms with Crippen LogP contribution in [0.15, 0.2) is 0 Å². The van der Waals surface area contributed by atoms with Gasteiger partial charge in [0.25, 0.3) is 0 Å². The van der Waals surface area contributed by atoms with E-state index in [1.165, 1.54) is 0 Å². The minimum atomic E-state index is 0.373. The van der Waals surface area contributed by atoms with Crippen molar-refractivity contribution in [2.24, 2.45) is 5.73 Å². The lowest BCUT2D eigenvalue weighted by molar-refractivity contribution is -0.0595. The first kappa shape index (κ1) is 14.3. The van der Waals surface area contributed by atoms with Crippen LogP contribution in [0.1, 0.15) is 33.6 Å². The molecular weight excluding hydrogens is 226 g/mol. The molecule has 0 aliphatic carbocycles. The van der Waals surface area contributed by atoms with E-state index < -0.39 is 0 Å². The summed E-state index contributed by atoms with van der Waals surface area (Å²) < 4.78 is 5.92. The van der Waals surface area contributed by atoms with Gasteiger partial charge in [-0.3, -0.25) is 9.80 Å². The van der Waals surface area contributed by atoms with E-state index in [9.17, 15) is 0 Å². The van der Waals surface area contributed by atoms with E-state index in [0.717, 1.165) is 45.6 Å². The van der Waals surface area contributed by atoms with Crippen LogP contribution in [0.5, 0.6) is 0 Å². The number of nitrogens with two attached hydrogens (primary N) is 1. The van der Waals surface area contributed by atoms with Crippen LogP contribution < -0.4 is 5.73 Å². The fraction of sp³-hybridized carbons (Fsp3) is 1.00. The van der Waals surface area contributed by atoms with Crippen molar-refractivity contribution in [2.75, 3.05) is 32.8 Å². The minimum absolute atomic E-state index is 0.373. The van der Waals surface area contributed by atoms with Gasteiger partial charge in [-0.2, -0.15) is 0 Å². The van der Waals surface area contributed by atoms with E-state index in [4.69, 9.17) is 10.5 Å². The molecule has 4 heteroatoms.